The van der Waals surface area contributed by atoms with Gasteiger partial charge in [0.15, 0.2) is 0 Å². The van der Waals surface area contributed by atoms with E-state index in [-0.39, 0.29) is 12.3 Å². The average Bonchev–Trinajstić information content (AvgIpc) is 2.78. The maximum atomic E-state index is 13.0. The average molecular weight is 219 g/mol. The van der Waals surface area contributed by atoms with Gasteiger partial charge in [-0.05, 0) is 38.1 Å². The summed E-state index contributed by atoms with van der Waals surface area (Å²) >= 11 is 0. The largest absolute Gasteiger partial charge is 0.293 e. The summed E-state index contributed by atoms with van der Waals surface area (Å²) in [7, 11) is 0. The minimum atomic E-state index is -2.24. The van der Waals surface area contributed by atoms with E-state index in [0.717, 1.165) is 0 Å². The summed E-state index contributed by atoms with van der Waals surface area (Å²) in [5, 5.41) is 0. The number of nitrogens with zero attached hydrogens (tertiary/aromatic N) is 1. The van der Waals surface area contributed by atoms with Crippen molar-refractivity contribution in [2.45, 2.75) is 45.0 Å². The van der Waals surface area contributed by atoms with Gasteiger partial charge < -0.3 is 0 Å². The molecule has 0 aromatic carbocycles. The zero-order chi connectivity index (χ0) is 14.6. The van der Waals surface area contributed by atoms with Crippen molar-refractivity contribution < 1.29 is 14.3 Å². The maximum absolute atomic E-state index is 13.0. The molecule has 0 N–H and O–H groups in total. The molecule has 2 saturated heterocycles. The number of rotatable bonds is 2. The summed E-state index contributed by atoms with van der Waals surface area (Å²) in [4.78, 5) is 1.33. The van der Waals surface area contributed by atoms with Crippen molar-refractivity contribution in [3.8, 4) is 0 Å². The van der Waals surface area contributed by atoms with E-state index in [4.69, 9.17) is 5.48 Å². The molecule has 0 spiro atoms. The summed E-state index contributed by atoms with van der Waals surface area (Å²) in [6, 6.07) is 0. The van der Waals surface area contributed by atoms with Crippen LogP contribution in [0.25, 0.3) is 0 Å². The van der Waals surface area contributed by atoms with E-state index in [1.165, 1.54) is 4.90 Å². The van der Waals surface area contributed by atoms with Crippen molar-refractivity contribution in [2.24, 2.45) is 5.92 Å². The highest BCUT2D eigenvalue weighted by Gasteiger charge is 2.47. The Morgan fingerprint density at radius 3 is 3.00 bits per heavy atom. The van der Waals surface area contributed by atoms with Crippen LogP contribution in [0.1, 0.15) is 45.0 Å². The molecule has 0 saturated carbocycles. The summed E-state index contributed by atoms with van der Waals surface area (Å²) in [6.07, 6.45) is -2.85. The molecule has 2 aliphatic rings. The first-order valence-corrected chi connectivity index (χ1v) is 5.40. The third-order valence-electron chi connectivity index (χ3n) is 3.01. The Labute approximate surface area is 95.8 Å². The molecule has 0 bridgehead atoms. The van der Waals surface area contributed by atoms with Crippen LogP contribution in [0.3, 0.4) is 0 Å². The number of hydrogen-bond donors (Lipinski definition) is 0. The molecule has 0 aromatic rings. The molecule has 15 heavy (non-hydrogen) atoms. The van der Waals surface area contributed by atoms with Gasteiger partial charge in [0.2, 0.25) is 0 Å². The van der Waals surface area contributed by atoms with Crippen LogP contribution in [-0.4, -0.2) is 23.5 Å². The first-order chi connectivity index (χ1) is 8.57. The van der Waals surface area contributed by atoms with Crippen LogP contribution in [0.5, 0.6) is 0 Å². The van der Waals surface area contributed by atoms with E-state index < -0.39 is 30.1 Å². The molecule has 2 aliphatic heterocycles. The normalized spacial score (nSPS) is 39.7. The molecule has 0 unspecified atom stereocenters. The Kier molecular flexibility index (Phi) is 1.80. The molecule has 1 atom stereocenters. The van der Waals surface area contributed by atoms with Crippen molar-refractivity contribution in [2.75, 3.05) is 13.0 Å². The molecule has 1 nitrogen and oxygen atoms in total. The van der Waals surface area contributed by atoms with Gasteiger partial charge in [0.05, 0.1) is 0 Å². The van der Waals surface area contributed by atoms with E-state index in [2.05, 4.69) is 0 Å². The summed E-state index contributed by atoms with van der Waals surface area (Å²) < 4.78 is 58.4. The van der Waals surface area contributed by atoms with Gasteiger partial charge in [-0.25, -0.2) is 0 Å². The monoisotopic (exact) mass is 219 g/mol. The van der Waals surface area contributed by atoms with Gasteiger partial charge in [0, 0.05) is 23.1 Å². The minimum Gasteiger partial charge on any atom is -0.293 e. The molecule has 2 rings (SSSR count). The Balaban J connectivity index is 2.55. The molecule has 0 amide bonds. The van der Waals surface area contributed by atoms with Gasteiger partial charge >= 0.3 is 0 Å². The van der Waals surface area contributed by atoms with Crippen molar-refractivity contribution in [1.29, 1.82) is 0 Å². The second kappa shape index (κ2) is 3.85. The Bertz CT molecular complexity index is 418. The second-order valence-electron chi connectivity index (χ2n) is 4.61. The first-order valence-electron chi connectivity index (χ1n) is 7.40. The van der Waals surface area contributed by atoms with Crippen LogP contribution in [0, 0.1) is 5.92 Å². The van der Waals surface area contributed by atoms with Crippen molar-refractivity contribution in [3.05, 3.63) is 11.7 Å². The molecule has 0 radical (unpaired) electrons. The highest BCUT2D eigenvalue weighted by molar-refractivity contribution is 5.21. The molecule has 86 valence electrons. The van der Waals surface area contributed by atoms with Crippen LogP contribution in [-0.2, 0) is 0 Å². The molecule has 2 fully saturated rings. The first kappa shape index (κ1) is 7.00. The van der Waals surface area contributed by atoms with Crippen LogP contribution in [0.15, 0.2) is 11.7 Å². The van der Waals surface area contributed by atoms with E-state index in [9.17, 15) is 8.78 Å². The Hall–Kier alpha value is -0.440. The molecule has 0 aliphatic carbocycles. The van der Waals surface area contributed by atoms with E-state index in [1.807, 2.05) is 0 Å². The summed E-state index contributed by atoms with van der Waals surface area (Å²) in [5.41, 5.74) is -1.68. The molecule has 0 aromatic heterocycles. The topological polar surface area (TPSA) is 3.24 Å². The van der Waals surface area contributed by atoms with Crippen LogP contribution < -0.4 is 0 Å². The molecular formula is C12H19F2N. The predicted molar refractivity (Wildman–Crippen MR) is 56.9 cm³/mol. The zero-order valence-corrected chi connectivity index (χ0v) is 9.11. The zero-order valence-electron chi connectivity index (χ0n) is 13.1. The fourth-order valence-corrected chi connectivity index (χ4v) is 2.57. The third-order valence-corrected chi connectivity index (χ3v) is 3.01. The van der Waals surface area contributed by atoms with E-state index in [1.54, 1.807) is 13.8 Å². The fourth-order valence-electron chi connectivity index (χ4n) is 2.57. The lowest BCUT2D eigenvalue weighted by Gasteiger charge is -2.33. The minimum absolute atomic E-state index is 0.215. The highest BCUT2D eigenvalue weighted by Crippen LogP contribution is 2.46. The standard InChI is InChI=1S/C12H19F2N/c1-9(2)6-12-4-3-5-15(12)8-10(7-12)11(13)14/h9H,3-8H2,1-2H3/t12-/m1/s1/i6D2,8D2. The van der Waals surface area contributed by atoms with Crippen molar-refractivity contribution in [3.63, 3.8) is 0 Å². The lowest BCUT2D eigenvalue weighted by Crippen LogP contribution is -2.39. The Morgan fingerprint density at radius 2 is 2.40 bits per heavy atom. The highest BCUT2D eigenvalue weighted by atomic mass is 19.3. The van der Waals surface area contributed by atoms with Crippen molar-refractivity contribution in [1.82, 2.24) is 4.90 Å². The number of fused-ring (bicyclic) bond motifs is 1. The lowest BCUT2D eigenvalue weighted by molar-refractivity contribution is 0.163. The van der Waals surface area contributed by atoms with Crippen LogP contribution in [0.4, 0.5) is 8.78 Å². The van der Waals surface area contributed by atoms with Gasteiger partial charge in [0.1, 0.15) is 0 Å². The molecule has 3 heteroatoms. The quantitative estimate of drug-likeness (QED) is 0.688. The van der Waals surface area contributed by atoms with E-state index in [0.29, 0.717) is 19.4 Å². The summed E-state index contributed by atoms with van der Waals surface area (Å²) in [6.45, 7) is 1.52. The van der Waals surface area contributed by atoms with Gasteiger partial charge in [-0.3, -0.25) is 4.90 Å². The predicted octanol–water partition coefficient (Wildman–Crippen LogP) is 3.42. The molecule has 2 heterocycles. The lowest BCUT2D eigenvalue weighted by atomic mass is 9.84. The number of halogens is 2. The van der Waals surface area contributed by atoms with Gasteiger partial charge in [-0.2, -0.15) is 8.78 Å². The molecular weight excluding hydrogens is 196 g/mol. The van der Waals surface area contributed by atoms with Crippen LogP contribution in [0.2, 0.25) is 0 Å². The summed E-state index contributed by atoms with van der Waals surface area (Å²) in [5.74, 6) is -0.356. The van der Waals surface area contributed by atoms with Gasteiger partial charge in [-0.15, -0.1) is 0 Å². The van der Waals surface area contributed by atoms with Gasteiger partial charge in [-0.1, -0.05) is 13.8 Å². The Morgan fingerprint density at radius 1 is 1.67 bits per heavy atom. The van der Waals surface area contributed by atoms with E-state index >= 15 is 0 Å². The smallest absolute Gasteiger partial charge is 0.270 e. The number of hydrogen-bond acceptors (Lipinski definition) is 1. The SMILES string of the molecule is [2H]C1([2H])C(=C(F)F)C[C@]2(C([2H])([2H])C(C)C)CCCN12. The maximum Gasteiger partial charge on any atom is 0.270 e. The van der Waals surface area contributed by atoms with Gasteiger partial charge in [0.25, 0.3) is 6.08 Å². The second-order valence-corrected chi connectivity index (χ2v) is 4.61. The fraction of sp³-hybridized carbons (Fsp3) is 0.833. The van der Waals surface area contributed by atoms with Crippen LogP contribution >= 0.6 is 0 Å². The third kappa shape index (κ3) is 1.94. The van der Waals surface area contributed by atoms with Crippen molar-refractivity contribution >= 4 is 0 Å².